The molecule has 2 heteroatoms. The normalized spacial score (nSPS) is 12.5. The van der Waals surface area contributed by atoms with Gasteiger partial charge in [-0.15, -0.1) is 0 Å². The van der Waals surface area contributed by atoms with Crippen LogP contribution in [0.5, 0.6) is 0 Å². The summed E-state index contributed by atoms with van der Waals surface area (Å²) in [6.07, 6.45) is 0.901. The van der Waals surface area contributed by atoms with Crippen LogP contribution in [0, 0.1) is 0 Å². The van der Waals surface area contributed by atoms with E-state index in [0.717, 1.165) is 17.5 Å². The zero-order chi connectivity index (χ0) is 10.6. The molecule has 0 amide bonds. The van der Waals surface area contributed by atoms with E-state index >= 15 is 0 Å². The Bertz CT molecular complexity index is 320. The van der Waals surface area contributed by atoms with Gasteiger partial charge in [-0.05, 0) is 26.0 Å². The molecule has 1 aromatic carbocycles. The number of carbonyl (C=O) groups is 1. The van der Waals surface area contributed by atoms with Crippen molar-refractivity contribution in [3.05, 3.63) is 35.4 Å². The third-order valence-electron chi connectivity index (χ3n) is 2.49. The Labute approximate surface area is 85.3 Å². The van der Waals surface area contributed by atoms with Crippen molar-refractivity contribution >= 4 is 5.78 Å². The summed E-state index contributed by atoms with van der Waals surface area (Å²) in [5, 5.41) is 2.96. The molecular weight excluding hydrogens is 174 g/mol. The van der Waals surface area contributed by atoms with Gasteiger partial charge in [0, 0.05) is 5.56 Å². The largest absolute Gasteiger partial charge is 0.310 e. The fourth-order valence-corrected chi connectivity index (χ4v) is 1.43. The SMILES string of the molecule is CCc1ccccc1C(=O)C(C)NC. The van der Waals surface area contributed by atoms with Crippen molar-refractivity contribution in [1.82, 2.24) is 5.32 Å². The number of likely N-dealkylation sites (N-methyl/N-ethyl adjacent to an activating group) is 1. The van der Waals surface area contributed by atoms with Crippen LogP contribution in [0.3, 0.4) is 0 Å². The first-order valence-corrected chi connectivity index (χ1v) is 5.00. The highest BCUT2D eigenvalue weighted by molar-refractivity contribution is 6.01. The number of hydrogen-bond acceptors (Lipinski definition) is 2. The molecule has 0 bridgehead atoms. The molecule has 1 atom stereocenters. The monoisotopic (exact) mass is 191 g/mol. The van der Waals surface area contributed by atoms with Crippen molar-refractivity contribution < 1.29 is 4.79 Å². The van der Waals surface area contributed by atoms with Crippen molar-refractivity contribution in [2.45, 2.75) is 26.3 Å². The minimum absolute atomic E-state index is 0.109. The molecule has 0 heterocycles. The van der Waals surface area contributed by atoms with Crippen molar-refractivity contribution in [2.24, 2.45) is 0 Å². The molecule has 2 nitrogen and oxygen atoms in total. The summed E-state index contributed by atoms with van der Waals surface area (Å²) >= 11 is 0. The van der Waals surface area contributed by atoms with Crippen LogP contribution < -0.4 is 5.32 Å². The van der Waals surface area contributed by atoms with Crippen molar-refractivity contribution in [2.75, 3.05) is 7.05 Å². The van der Waals surface area contributed by atoms with Gasteiger partial charge in [-0.1, -0.05) is 31.2 Å². The Morgan fingerprint density at radius 1 is 1.43 bits per heavy atom. The first kappa shape index (κ1) is 10.9. The maximum absolute atomic E-state index is 11.9. The molecule has 1 rings (SSSR count). The summed E-state index contributed by atoms with van der Waals surface area (Å²) in [7, 11) is 1.80. The number of hydrogen-bond donors (Lipinski definition) is 1. The maximum atomic E-state index is 11.9. The second-order valence-electron chi connectivity index (χ2n) is 3.39. The lowest BCUT2D eigenvalue weighted by molar-refractivity contribution is 0.0954. The number of aryl methyl sites for hydroxylation is 1. The van der Waals surface area contributed by atoms with E-state index in [2.05, 4.69) is 12.2 Å². The maximum Gasteiger partial charge on any atom is 0.179 e. The summed E-state index contributed by atoms with van der Waals surface area (Å²) in [5.41, 5.74) is 1.97. The van der Waals surface area contributed by atoms with Gasteiger partial charge in [0.1, 0.15) is 0 Å². The molecular formula is C12H17NO. The summed E-state index contributed by atoms with van der Waals surface area (Å²) < 4.78 is 0. The summed E-state index contributed by atoms with van der Waals surface area (Å²) in [5.74, 6) is 0.171. The van der Waals surface area contributed by atoms with Crippen LogP contribution in [0.2, 0.25) is 0 Å². The van der Waals surface area contributed by atoms with E-state index in [1.807, 2.05) is 31.2 Å². The molecule has 0 aliphatic heterocycles. The summed E-state index contributed by atoms with van der Waals surface area (Å²) in [4.78, 5) is 11.9. The van der Waals surface area contributed by atoms with Gasteiger partial charge < -0.3 is 5.32 Å². The van der Waals surface area contributed by atoms with Gasteiger partial charge in [-0.3, -0.25) is 4.79 Å². The minimum atomic E-state index is -0.109. The number of nitrogens with one attached hydrogen (secondary N) is 1. The van der Waals surface area contributed by atoms with Crippen molar-refractivity contribution in [3.63, 3.8) is 0 Å². The van der Waals surface area contributed by atoms with E-state index in [4.69, 9.17) is 0 Å². The zero-order valence-electron chi connectivity index (χ0n) is 9.00. The van der Waals surface area contributed by atoms with Crippen molar-refractivity contribution in [3.8, 4) is 0 Å². The zero-order valence-corrected chi connectivity index (χ0v) is 9.00. The van der Waals surface area contributed by atoms with Gasteiger partial charge in [0.15, 0.2) is 5.78 Å². The number of ketones is 1. The Hall–Kier alpha value is -1.15. The topological polar surface area (TPSA) is 29.1 Å². The van der Waals surface area contributed by atoms with Crippen LogP contribution in [0.1, 0.15) is 29.8 Å². The van der Waals surface area contributed by atoms with E-state index < -0.39 is 0 Å². The molecule has 0 fully saturated rings. The molecule has 14 heavy (non-hydrogen) atoms. The third-order valence-corrected chi connectivity index (χ3v) is 2.49. The van der Waals surface area contributed by atoms with Crippen LogP contribution in [-0.2, 0) is 6.42 Å². The first-order chi connectivity index (χ1) is 6.70. The van der Waals surface area contributed by atoms with Gasteiger partial charge in [0.2, 0.25) is 0 Å². The number of carbonyl (C=O) groups excluding carboxylic acids is 1. The minimum Gasteiger partial charge on any atom is -0.310 e. The Morgan fingerprint density at radius 2 is 2.07 bits per heavy atom. The number of Topliss-reactive ketones (excluding diaryl/α,β-unsaturated/α-hetero) is 1. The van der Waals surface area contributed by atoms with Gasteiger partial charge >= 0.3 is 0 Å². The first-order valence-electron chi connectivity index (χ1n) is 5.00. The molecule has 0 saturated carbocycles. The lowest BCUT2D eigenvalue weighted by Gasteiger charge is -2.11. The quantitative estimate of drug-likeness (QED) is 0.738. The van der Waals surface area contributed by atoms with Crippen LogP contribution in [-0.4, -0.2) is 18.9 Å². The van der Waals surface area contributed by atoms with Crippen LogP contribution in [0.25, 0.3) is 0 Å². The van der Waals surface area contributed by atoms with Crippen LogP contribution in [0.4, 0.5) is 0 Å². The Balaban J connectivity index is 3.00. The van der Waals surface area contributed by atoms with E-state index in [1.165, 1.54) is 0 Å². The highest BCUT2D eigenvalue weighted by Gasteiger charge is 2.15. The lowest BCUT2D eigenvalue weighted by Crippen LogP contribution is -2.31. The van der Waals surface area contributed by atoms with E-state index in [-0.39, 0.29) is 11.8 Å². The Morgan fingerprint density at radius 3 is 2.64 bits per heavy atom. The molecule has 1 N–H and O–H groups in total. The molecule has 0 aliphatic carbocycles. The molecule has 0 saturated heterocycles. The second kappa shape index (κ2) is 4.91. The average Bonchev–Trinajstić information content (AvgIpc) is 2.26. The van der Waals surface area contributed by atoms with Crippen molar-refractivity contribution in [1.29, 1.82) is 0 Å². The van der Waals surface area contributed by atoms with Crippen LogP contribution in [0.15, 0.2) is 24.3 Å². The number of rotatable bonds is 4. The average molecular weight is 191 g/mol. The van der Waals surface area contributed by atoms with Gasteiger partial charge in [0.05, 0.1) is 6.04 Å². The molecule has 76 valence electrons. The molecule has 0 aromatic heterocycles. The molecule has 1 aromatic rings. The second-order valence-corrected chi connectivity index (χ2v) is 3.39. The third kappa shape index (κ3) is 2.20. The van der Waals surface area contributed by atoms with E-state index in [9.17, 15) is 4.79 Å². The fraction of sp³-hybridized carbons (Fsp3) is 0.417. The summed E-state index contributed by atoms with van der Waals surface area (Å²) in [6, 6.07) is 7.68. The standard InChI is InChI=1S/C12H17NO/c1-4-10-7-5-6-8-11(10)12(14)9(2)13-3/h5-9,13H,4H2,1-3H3. The predicted molar refractivity (Wildman–Crippen MR) is 58.7 cm³/mol. The molecule has 1 unspecified atom stereocenters. The smallest absolute Gasteiger partial charge is 0.179 e. The van der Waals surface area contributed by atoms with Gasteiger partial charge in [-0.2, -0.15) is 0 Å². The number of benzene rings is 1. The molecule has 0 aliphatic rings. The molecule has 0 radical (unpaired) electrons. The predicted octanol–water partition coefficient (Wildman–Crippen LogP) is 2.04. The summed E-state index contributed by atoms with van der Waals surface area (Å²) in [6.45, 7) is 3.95. The highest BCUT2D eigenvalue weighted by atomic mass is 16.1. The van der Waals surface area contributed by atoms with E-state index in [0.29, 0.717) is 0 Å². The Kier molecular flexibility index (Phi) is 3.84. The fourth-order valence-electron chi connectivity index (χ4n) is 1.43. The highest BCUT2D eigenvalue weighted by Crippen LogP contribution is 2.11. The van der Waals surface area contributed by atoms with Gasteiger partial charge in [-0.25, -0.2) is 0 Å². The molecule has 0 spiro atoms. The lowest BCUT2D eigenvalue weighted by atomic mass is 9.98. The van der Waals surface area contributed by atoms with E-state index in [1.54, 1.807) is 7.05 Å². The van der Waals surface area contributed by atoms with Crippen LogP contribution >= 0.6 is 0 Å². The van der Waals surface area contributed by atoms with Gasteiger partial charge in [0.25, 0.3) is 0 Å².